The Labute approximate surface area is 190 Å². The van der Waals surface area contributed by atoms with E-state index in [2.05, 4.69) is 5.32 Å². The zero-order valence-corrected chi connectivity index (χ0v) is 19.0. The third-order valence-electron chi connectivity index (χ3n) is 6.84. The fourth-order valence-corrected chi connectivity index (χ4v) is 5.10. The van der Waals surface area contributed by atoms with E-state index in [0.29, 0.717) is 23.6 Å². The first-order valence-electron chi connectivity index (χ1n) is 11.4. The summed E-state index contributed by atoms with van der Waals surface area (Å²) in [4.78, 5) is 29.0. The molecule has 1 saturated carbocycles. The standard InChI is InChI=1S/C26H31ClN2O2/c1-26(25(31)28-21-13-5-3-2-4-6-14-21)17-19-11-7-9-15-22(19)24(30)29(26)18-20-12-8-10-16-23(20)27/h7-12,15-16,21H,2-6,13-14,17-18H2,1H3,(H,28,31)/t26-/m1/s1. The van der Waals surface area contributed by atoms with Crippen molar-refractivity contribution >= 4 is 23.4 Å². The molecule has 1 N–H and O–H groups in total. The van der Waals surface area contributed by atoms with Crippen molar-refractivity contribution in [3.8, 4) is 0 Å². The molecule has 4 rings (SSSR count). The molecule has 1 atom stereocenters. The Kier molecular flexibility index (Phi) is 6.66. The zero-order valence-electron chi connectivity index (χ0n) is 18.2. The van der Waals surface area contributed by atoms with Gasteiger partial charge in [0.1, 0.15) is 5.54 Å². The number of amides is 2. The molecule has 1 heterocycles. The second-order valence-corrected chi connectivity index (χ2v) is 9.51. The predicted molar refractivity (Wildman–Crippen MR) is 124 cm³/mol. The van der Waals surface area contributed by atoms with Crippen LogP contribution in [0.25, 0.3) is 0 Å². The lowest BCUT2D eigenvalue weighted by Crippen LogP contribution is -2.63. The van der Waals surface area contributed by atoms with Crippen molar-refractivity contribution < 1.29 is 9.59 Å². The van der Waals surface area contributed by atoms with Gasteiger partial charge in [0, 0.05) is 29.6 Å². The lowest BCUT2D eigenvalue weighted by atomic mass is 9.82. The summed E-state index contributed by atoms with van der Waals surface area (Å²) in [5.41, 5.74) is 1.48. The Balaban J connectivity index is 1.64. The van der Waals surface area contributed by atoms with Gasteiger partial charge in [-0.25, -0.2) is 0 Å². The Morgan fingerprint density at radius 2 is 1.68 bits per heavy atom. The third-order valence-corrected chi connectivity index (χ3v) is 7.21. The molecule has 1 aliphatic heterocycles. The second kappa shape index (κ2) is 9.44. The Bertz CT molecular complexity index is 952. The predicted octanol–water partition coefficient (Wildman–Crippen LogP) is 5.53. The summed E-state index contributed by atoms with van der Waals surface area (Å²) in [6, 6.07) is 15.3. The van der Waals surface area contributed by atoms with Crippen LogP contribution in [0.3, 0.4) is 0 Å². The molecule has 1 fully saturated rings. The summed E-state index contributed by atoms with van der Waals surface area (Å²) in [6.07, 6.45) is 8.56. The number of carbonyl (C=O) groups is 2. The number of hydrogen-bond acceptors (Lipinski definition) is 2. The molecule has 1 aliphatic carbocycles. The summed E-state index contributed by atoms with van der Waals surface area (Å²) in [7, 11) is 0. The van der Waals surface area contributed by atoms with Gasteiger partial charge in [-0.15, -0.1) is 0 Å². The van der Waals surface area contributed by atoms with Crippen LogP contribution in [0.1, 0.15) is 73.4 Å². The van der Waals surface area contributed by atoms with Crippen LogP contribution in [0.15, 0.2) is 48.5 Å². The van der Waals surface area contributed by atoms with Crippen molar-refractivity contribution in [3.63, 3.8) is 0 Å². The largest absolute Gasteiger partial charge is 0.351 e. The van der Waals surface area contributed by atoms with Crippen LogP contribution >= 0.6 is 11.6 Å². The Hall–Kier alpha value is -2.33. The smallest absolute Gasteiger partial charge is 0.255 e. The quantitative estimate of drug-likeness (QED) is 0.682. The van der Waals surface area contributed by atoms with Crippen molar-refractivity contribution in [1.29, 1.82) is 0 Å². The molecule has 2 amide bonds. The number of nitrogens with zero attached hydrogens (tertiary/aromatic N) is 1. The fourth-order valence-electron chi connectivity index (χ4n) is 4.91. The normalized spacial score (nSPS) is 22.4. The molecule has 0 aromatic heterocycles. The lowest BCUT2D eigenvalue weighted by Gasteiger charge is -2.45. The molecule has 31 heavy (non-hydrogen) atoms. The summed E-state index contributed by atoms with van der Waals surface area (Å²) >= 11 is 6.41. The second-order valence-electron chi connectivity index (χ2n) is 9.11. The summed E-state index contributed by atoms with van der Waals surface area (Å²) in [6.45, 7) is 2.21. The van der Waals surface area contributed by atoms with Gasteiger partial charge in [0.15, 0.2) is 0 Å². The first-order chi connectivity index (χ1) is 15.0. The molecule has 2 aliphatic rings. The average Bonchev–Trinajstić information content (AvgIpc) is 2.74. The minimum atomic E-state index is -0.965. The molecule has 0 radical (unpaired) electrons. The van der Waals surface area contributed by atoms with Gasteiger partial charge in [0.25, 0.3) is 5.91 Å². The summed E-state index contributed by atoms with van der Waals surface area (Å²) in [5.74, 6) is -0.176. The van der Waals surface area contributed by atoms with Gasteiger partial charge in [0.05, 0.1) is 0 Å². The van der Waals surface area contributed by atoms with Crippen LogP contribution in [0, 0.1) is 0 Å². The molecule has 2 aromatic rings. The molecule has 0 saturated heterocycles. The highest BCUT2D eigenvalue weighted by Crippen LogP contribution is 2.34. The molecular weight excluding hydrogens is 408 g/mol. The van der Waals surface area contributed by atoms with E-state index in [-0.39, 0.29) is 17.9 Å². The first-order valence-corrected chi connectivity index (χ1v) is 11.8. The van der Waals surface area contributed by atoms with Crippen molar-refractivity contribution in [2.75, 3.05) is 0 Å². The molecule has 0 spiro atoms. The average molecular weight is 439 g/mol. The van der Waals surface area contributed by atoms with Crippen LogP contribution in [-0.4, -0.2) is 28.3 Å². The van der Waals surface area contributed by atoms with Crippen molar-refractivity contribution in [2.45, 2.75) is 76.4 Å². The van der Waals surface area contributed by atoms with Crippen molar-refractivity contribution in [3.05, 3.63) is 70.2 Å². The van der Waals surface area contributed by atoms with Crippen LogP contribution in [-0.2, 0) is 17.8 Å². The van der Waals surface area contributed by atoms with E-state index >= 15 is 0 Å². The highest BCUT2D eigenvalue weighted by Gasteiger charge is 2.47. The van der Waals surface area contributed by atoms with Gasteiger partial charge in [-0.2, -0.15) is 0 Å². The van der Waals surface area contributed by atoms with Gasteiger partial charge in [0.2, 0.25) is 5.91 Å². The number of hydrogen-bond donors (Lipinski definition) is 1. The fraction of sp³-hybridized carbons (Fsp3) is 0.462. The minimum Gasteiger partial charge on any atom is -0.351 e. The van der Waals surface area contributed by atoms with Gasteiger partial charge in [-0.3, -0.25) is 9.59 Å². The molecule has 0 unspecified atom stereocenters. The molecule has 2 aromatic carbocycles. The van der Waals surface area contributed by atoms with E-state index in [9.17, 15) is 9.59 Å². The Morgan fingerprint density at radius 3 is 2.42 bits per heavy atom. The monoisotopic (exact) mass is 438 g/mol. The summed E-state index contributed by atoms with van der Waals surface area (Å²) in [5, 5.41) is 3.92. The number of fused-ring (bicyclic) bond motifs is 1. The number of benzene rings is 2. The maximum Gasteiger partial charge on any atom is 0.255 e. The van der Waals surface area contributed by atoms with Gasteiger partial charge in [-0.1, -0.05) is 80.1 Å². The van der Waals surface area contributed by atoms with Crippen LogP contribution in [0.2, 0.25) is 5.02 Å². The van der Waals surface area contributed by atoms with E-state index in [0.717, 1.165) is 36.8 Å². The zero-order chi connectivity index (χ0) is 21.8. The number of nitrogens with one attached hydrogen (secondary N) is 1. The van der Waals surface area contributed by atoms with Crippen LogP contribution in [0.4, 0.5) is 0 Å². The van der Waals surface area contributed by atoms with E-state index in [4.69, 9.17) is 11.6 Å². The molecular formula is C26H31ClN2O2. The maximum absolute atomic E-state index is 13.7. The number of carbonyl (C=O) groups excluding carboxylic acids is 2. The van der Waals surface area contributed by atoms with Crippen LogP contribution in [0.5, 0.6) is 0 Å². The highest BCUT2D eigenvalue weighted by molar-refractivity contribution is 6.31. The van der Waals surface area contributed by atoms with Crippen molar-refractivity contribution in [2.24, 2.45) is 0 Å². The molecule has 5 heteroatoms. The SMILES string of the molecule is C[C@]1(C(=O)NC2CCCCCCC2)Cc2ccccc2C(=O)N1Cc1ccccc1Cl. The Morgan fingerprint density at radius 1 is 1.03 bits per heavy atom. The maximum atomic E-state index is 13.7. The number of halogens is 1. The van der Waals surface area contributed by atoms with E-state index < -0.39 is 5.54 Å². The molecule has 4 nitrogen and oxygen atoms in total. The third kappa shape index (κ3) is 4.64. The topological polar surface area (TPSA) is 49.4 Å². The molecule has 164 valence electrons. The van der Waals surface area contributed by atoms with Gasteiger partial charge < -0.3 is 10.2 Å². The van der Waals surface area contributed by atoms with E-state index in [1.165, 1.54) is 19.3 Å². The van der Waals surface area contributed by atoms with E-state index in [1.54, 1.807) is 4.90 Å². The van der Waals surface area contributed by atoms with Gasteiger partial charge >= 0.3 is 0 Å². The first kappa shape index (κ1) is 21.9. The molecule has 0 bridgehead atoms. The van der Waals surface area contributed by atoms with E-state index in [1.807, 2.05) is 55.5 Å². The number of rotatable bonds is 4. The van der Waals surface area contributed by atoms with Crippen LogP contribution < -0.4 is 5.32 Å². The lowest BCUT2D eigenvalue weighted by molar-refractivity contribution is -0.132. The minimum absolute atomic E-state index is 0.0621. The highest BCUT2D eigenvalue weighted by atomic mass is 35.5. The van der Waals surface area contributed by atoms with Gasteiger partial charge in [-0.05, 0) is 43.0 Å². The summed E-state index contributed by atoms with van der Waals surface area (Å²) < 4.78 is 0. The van der Waals surface area contributed by atoms with Crippen molar-refractivity contribution in [1.82, 2.24) is 10.2 Å².